The van der Waals surface area contributed by atoms with E-state index in [1.165, 1.54) is 23.2 Å². The molecule has 4 rings (SSSR count). The molecule has 1 aromatic heterocycles. The maximum Gasteiger partial charge on any atom is 0.268 e. The van der Waals surface area contributed by atoms with Gasteiger partial charge in [0.1, 0.15) is 12.3 Å². The molecule has 8 nitrogen and oxygen atoms in total. The summed E-state index contributed by atoms with van der Waals surface area (Å²) in [5, 5.41) is 6.48. The quantitative estimate of drug-likeness (QED) is 0.574. The molecule has 0 spiro atoms. The highest BCUT2D eigenvalue weighted by Gasteiger charge is 2.34. The molecule has 2 N–H and O–H groups in total. The van der Waals surface area contributed by atoms with Crippen LogP contribution in [0.15, 0.2) is 30.3 Å². The third-order valence-electron chi connectivity index (χ3n) is 4.95. The number of carbonyl (C=O) groups is 3. The zero-order valence-corrected chi connectivity index (χ0v) is 19.3. The average molecular weight is 473 g/mol. The molecule has 0 fully saturated rings. The van der Waals surface area contributed by atoms with E-state index in [0.29, 0.717) is 33.7 Å². The number of fused-ring (bicyclic) bond motifs is 2. The van der Waals surface area contributed by atoms with Crippen molar-refractivity contribution in [3.05, 3.63) is 40.9 Å². The first-order valence-electron chi connectivity index (χ1n) is 10.0. The first kappa shape index (κ1) is 22.0. The molecule has 1 aliphatic rings. The molecule has 0 saturated carbocycles. The normalized spacial score (nSPS) is 15.3. The van der Waals surface area contributed by atoms with Crippen LogP contribution in [0.2, 0.25) is 5.02 Å². The molecule has 1 atom stereocenters. The lowest BCUT2D eigenvalue weighted by atomic mass is 10.1. The van der Waals surface area contributed by atoms with E-state index >= 15 is 0 Å². The van der Waals surface area contributed by atoms with Crippen molar-refractivity contribution in [1.82, 2.24) is 4.98 Å². The van der Waals surface area contributed by atoms with Gasteiger partial charge in [-0.05, 0) is 49.2 Å². The summed E-state index contributed by atoms with van der Waals surface area (Å²) in [6, 6.07) is 8.60. The summed E-state index contributed by atoms with van der Waals surface area (Å²) in [5.41, 5.74) is 2.67. The van der Waals surface area contributed by atoms with Gasteiger partial charge >= 0.3 is 0 Å². The molecule has 0 unspecified atom stereocenters. The van der Waals surface area contributed by atoms with E-state index in [9.17, 15) is 14.4 Å². The summed E-state index contributed by atoms with van der Waals surface area (Å²) in [6.45, 7) is 4.98. The number of nitrogens with one attached hydrogen (secondary N) is 2. The fraction of sp³-hybridized carbons (Fsp3) is 0.273. The largest absolute Gasteiger partial charge is 0.478 e. The minimum atomic E-state index is -0.653. The number of carbonyl (C=O) groups excluding carboxylic acids is 3. The van der Waals surface area contributed by atoms with Crippen LogP contribution in [0.5, 0.6) is 5.75 Å². The fourth-order valence-corrected chi connectivity index (χ4v) is 4.73. The van der Waals surface area contributed by atoms with Crippen LogP contribution >= 0.6 is 22.9 Å². The van der Waals surface area contributed by atoms with E-state index in [1.54, 1.807) is 30.3 Å². The Morgan fingerprint density at radius 1 is 1.25 bits per heavy atom. The Morgan fingerprint density at radius 3 is 2.75 bits per heavy atom. The smallest absolute Gasteiger partial charge is 0.268 e. The predicted molar refractivity (Wildman–Crippen MR) is 126 cm³/mol. The molecular weight excluding hydrogens is 452 g/mol. The van der Waals surface area contributed by atoms with Gasteiger partial charge < -0.3 is 15.4 Å². The van der Waals surface area contributed by atoms with Gasteiger partial charge in [-0.15, -0.1) is 0 Å². The number of amides is 3. The zero-order chi connectivity index (χ0) is 23.0. The van der Waals surface area contributed by atoms with Crippen molar-refractivity contribution in [3.63, 3.8) is 0 Å². The molecule has 1 aliphatic heterocycles. The van der Waals surface area contributed by atoms with Gasteiger partial charge in [-0.25, -0.2) is 4.98 Å². The van der Waals surface area contributed by atoms with Crippen LogP contribution in [0.3, 0.4) is 0 Å². The van der Waals surface area contributed by atoms with Crippen molar-refractivity contribution in [3.8, 4) is 5.75 Å². The Morgan fingerprint density at radius 2 is 2.03 bits per heavy atom. The molecule has 3 aromatic rings. The number of nitrogens with zero attached hydrogens (tertiary/aromatic N) is 2. The maximum atomic E-state index is 12.9. The second kappa shape index (κ2) is 8.76. The minimum absolute atomic E-state index is 0.178. The Labute approximate surface area is 193 Å². The van der Waals surface area contributed by atoms with Gasteiger partial charge in [-0.2, -0.15) is 0 Å². The topological polar surface area (TPSA) is 101 Å². The molecule has 2 heterocycles. The number of aryl methyl sites for hydroxylation is 1. The summed E-state index contributed by atoms with van der Waals surface area (Å²) in [7, 11) is 0. The summed E-state index contributed by atoms with van der Waals surface area (Å²) >= 11 is 7.43. The van der Waals surface area contributed by atoms with Crippen molar-refractivity contribution < 1.29 is 19.1 Å². The van der Waals surface area contributed by atoms with Crippen LogP contribution in [-0.4, -0.2) is 35.4 Å². The van der Waals surface area contributed by atoms with Gasteiger partial charge in [0.15, 0.2) is 11.2 Å². The van der Waals surface area contributed by atoms with Crippen LogP contribution in [0.4, 0.5) is 16.5 Å². The van der Waals surface area contributed by atoms with E-state index < -0.39 is 6.10 Å². The van der Waals surface area contributed by atoms with Crippen molar-refractivity contribution in [2.75, 3.05) is 22.1 Å². The first-order valence-corrected chi connectivity index (χ1v) is 11.2. The van der Waals surface area contributed by atoms with E-state index in [1.807, 2.05) is 13.8 Å². The number of ether oxygens (including phenoxy) is 1. The second-order valence-electron chi connectivity index (χ2n) is 7.44. The Balaban J connectivity index is 1.57. The number of thiazole rings is 1. The molecular formula is C22H21ClN4O4S. The van der Waals surface area contributed by atoms with Gasteiger partial charge in [0.05, 0.1) is 15.9 Å². The summed E-state index contributed by atoms with van der Waals surface area (Å²) in [4.78, 5) is 42.9. The molecule has 3 amide bonds. The predicted octanol–water partition coefficient (Wildman–Crippen LogP) is 4.36. The van der Waals surface area contributed by atoms with Gasteiger partial charge in [-0.1, -0.05) is 29.9 Å². The third kappa shape index (κ3) is 4.39. The van der Waals surface area contributed by atoms with Crippen molar-refractivity contribution in [2.45, 2.75) is 33.3 Å². The number of rotatable bonds is 5. The number of benzene rings is 2. The summed E-state index contributed by atoms with van der Waals surface area (Å²) in [6.07, 6.45) is -0.170. The second-order valence-corrected chi connectivity index (χ2v) is 8.91. The highest BCUT2D eigenvalue weighted by atomic mass is 35.5. The molecule has 0 radical (unpaired) electrons. The fourth-order valence-electron chi connectivity index (χ4n) is 3.54. The SMILES string of the molecule is CC[C@@H]1Oc2ccc(Cl)cc2N(CC(=O)Nc2cc(C)c3nc(NC(C)=O)sc3c2)C1=O. The molecule has 0 saturated heterocycles. The third-order valence-corrected chi connectivity index (χ3v) is 6.10. The Bertz CT molecular complexity index is 1240. The van der Waals surface area contributed by atoms with Crippen LogP contribution in [0.25, 0.3) is 10.2 Å². The lowest BCUT2D eigenvalue weighted by molar-refractivity contribution is -0.128. The highest BCUT2D eigenvalue weighted by molar-refractivity contribution is 7.22. The van der Waals surface area contributed by atoms with Gasteiger partial charge in [-0.3, -0.25) is 19.3 Å². The first-order chi connectivity index (χ1) is 15.2. The number of hydrogen-bond donors (Lipinski definition) is 2. The summed E-state index contributed by atoms with van der Waals surface area (Å²) < 4.78 is 6.58. The number of halogens is 1. The zero-order valence-electron chi connectivity index (χ0n) is 17.7. The Kier molecular flexibility index (Phi) is 6.03. The molecule has 0 bridgehead atoms. The van der Waals surface area contributed by atoms with E-state index in [0.717, 1.165) is 15.8 Å². The van der Waals surface area contributed by atoms with Crippen LogP contribution in [0, 0.1) is 6.92 Å². The average Bonchev–Trinajstić information content (AvgIpc) is 3.12. The van der Waals surface area contributed by atoms with Gasteiger partial charge in [0.2, 0.25) is 11.8 Å². The Hall–Kier alpha value is -3.17. The van der Waals surface area contributed by atoms with E-state index in [-0.39, 0.29) is 24.3 Å². The van der Waals surface area contributed by atoms with E-state index in [2.05, 4.69) is 15.6 Å². The van der Waals surface area contributed by atoms with E-state index in [4.69, 9.17) is 16.3 Å². The standard InChI is InChI=1S/C22H21ClN4O4S/c1-4-16-21(30)27(15-8-13(23)5-6-17(15)31-16)10-19(29)25-14-7-11(2)20-18(9-14)32-22(26-20)24-12(3)28/h5-9,16H,4,10H2,1-3H3,(H,25,29)(H,24,26,28)/t16-/m0/s1. The minimum Gasteiger partial charge on any atom is -0.478 e. The van der Waals surface area contributed by atoms with Crippen LogP contribution in [-0.2, 0) is 14.4 Å². The van der Waals surface area contributed by atoms with Crippen molar-refractivity contribution in [1.29, 1.82) is 0 Å². The van der Waals surface area contributed by atoms with Crippen LogP contribution in [0.1, 0.15) is 25.8 Å². The maximum absolute atomic E-state index is 12.9. The molecule has 32 heavy (non-hydrogen) atoms. The molecule has 166 valence electrons. The number of aromatic nitrogens is 1. The summed E-state index contributed by atoms with van der Waals surface area (Å²) in [5.74, 6) is -0.324. The number of anilines is 3. The molecule has 10 heteroatoms. The monoisotopic (exact) mass is 472 g/mol. The van der Waals surface area contributed by atoms with Crippen LogP contribution < -0.4 is 20.3 Å². The van der Waals surface area contributed by atoms with Gasteiger partial charge in [0.25, 0.3) is 5.91 Å². The highest BCUT2D eigenvalue weighted by Crippen LogP contribution is 2.37. The molecule has 2 aromatic carbocycles. The number of hydrogen-bond acceptors (Lipinski definition) is 6. The lowest BCUT2D eigenvalue weighted by Crippen LogP contribution is -2.48. The lowest BCUT2D eigenvalue weighted by Gasteiger charge is -2.33. The van der Waals surface area contributed by atoms with Gasteiger partial charge in [0, 0.05) is 17.6 Å². The van der Waals surface area contributed by atoms with Crippen molar-refractivity contribution >= 4 is 67.4 Å². The molecule has 0 aliphatic carbocycles. The van der Waals surface area contributed by atoms with Crippen molar-refractivity contribution in [2.24, 2.45) is 0 Å².